The van der Waals surface area contributed by atoms with Gasteiger partial charge in [0.15, 0.2) is 6.20 Å². The van der Waals surface area contributed by atoms with Crippen molar-refractivity contribution in [1.29, 1.82) is 0 Å². The summed E-state index contributed by atoms with van der Waals surface area (Å²) < 4.78 is 38.3. The number of nitrogens with zero attached hydrogens (tertiary/aromatic N) is 1. The van der Waals surface area contributed by atoms with Gasteiger partial charge in [-0.1, -0.05) is 98.6 Å². The molecule has 0 aliphatic carbocycles. The van der Waals surface area contributed by atoms with Crippen LogP contribution in [0.1, 0.15) is 0 Å². The molecule has 0 saturated heterocycles. The first-order valence-electron chi connectivity index (χ1n) is 12.8. The summed E-state index contributed by atoms with van der Waals surface area (Å²) >= 11 is 7.25. The van der Waals surface area contributed by atoms with Crippen LogP contribution in [0.25, 0.3) is 55.4 Å². The Balaban J connectivity index is 0.000000652. The molecule has 0 radical (unpaired) electrons. The van der Waals surface area contributed by atoms with Gasteiger partial charge in [-0.25, -0.2) is 23.2 Å². The first-order valence-corrected chi connectivity index (χ1v) is 15.7. The molecule has 0 bridgehead atoms. The van der Waals surface area contributed by atoms with E-state index in [9.17, 15) is 0 Å². The average Bonchev–Trinajstić information content (AvgIpc) is 2.98. The molecular weight excluding hydrogens is 682 g/mol. The summed E-state index contributed by atoms with van der Waals surface area (Å²) in [7, 11) is -2.84. The molecule has 0 fully saturated rings. The molecule has 0 amide bonds. The summed E-state index contributed by atoms with van der Waals surface area (Å²) in [5.41, 5.74) is 10.9. The smallest absolute Gasteiger partial charge is 0.212 e. The molecule has 8 heteroatoms. The third kappa shape index (κ3) is 7.14. The number of para-hydroxylation sites is 1. The second kappa shape index (κ2) is 12.9. The maximum absolute atomic E-state index is 8.49. The SMILES string of the molecule is C[n+]1ccc(-c2c(-c3ccc(Br)cc3)cc(-c3ccccc3)cc2-c2ccc(Br)cc2)c2ccccc21.[O-][Cl+3]([O-])([O-])[O-]. The van der Waals surface area contributed by atoms with Crippen molar-refractivity contribution in [3.63, 3.8) is 0 Å². The number of aromatic nitrogens is 1. The molecule has 42 heavy (non-hydrogen) atoms. The van der Waals surface area contributed by atoms with Gasteiger partial charge in [-0.05, 0) is 81.4 Å². The molecule has 0 saturated carbocycles. The van der Waals surface area contributed by atoms with Crippen LogP contribution in [0.2, 0.25) is 0 Å². The Kier molecular flexibility index (Phi) is 9.20. The molecule has 210 valence electrons. The van der Waals surface area contributed by atoms with E-state index in [0.717, 1.165) is 8.95 Å². The highest BCUT2D eigenvalue weighted by atomic mass is 79.9. The summed E-state index contributed by atoms with van der Waals surface area (Å²) in [4.78, 5) is 0. The fourth-order valence-electron chi connectivity index (χ4n) is 5.03. The molecule has 5 aromatic carbocycles. The van der Waals surface area contributed by atoms with Crippen LogP contribution in [0.4, 0.5) is 0 Å². The highest BCUT2D eigenvalue weighted by Gasteiger charge is 2.21. The third-order valence-electron chi connectivity index (χ3n) is 6.86. The van der Waals surface area contributed by atoms with E-state index in [0.29, 0.717) is 0 Å². The van der Waals surface area contributed by atoms with Gasteiger partial charge in [0.25, 0.3) is 0 Å². The van der Waals surface area contributed by atoms with Crippen LogP contribution in [0.5, 0.6) is 0 Å². The van der Waals surface area contributed by atoms with E-state index in [1.807, 2.05) is 0 Å². The topological polar surface area (TPSA) is 96.1 Å². The van der Waals surface area contributed by atoms with Crippen LogP contribution in [0.15, 0.2) is 136 Å². The number of pyridine rings is 1. The lowest BCUT2D eigenvalue weighted by Crippen LogP contribution is -2.68. The summed E-state index contributed by atoms with van der Waals surface area (Å²) in [5.74, 6) is 0. The summed E-state index contributed by atoms with van der Waals surface area (Å²) in [5, 5.41) is 1.23. The van der Waals surface area contributed by atoms with Crippen molar-refractivity contribution in [3.05, 3.63) is 136 Å². The van der Waals surface area contributed by atoms with E-state index in [4.69, 9.17) is 18.6 Å². The summed E-state index contributed by atoms with van der Waals surface area (Å²) in [6.07, 6.45) is 2.17. The largest absolute Gasteiger partial charge is 0.222 e. The Hall–Kier alpha value is -3.40. The Morgan fingerprint density at radius 3 is 1.52 bits per heavy atom. The van der Waals surface area contributed by atoms with Gasteiger partial charge in [0.1, 0.15) is 7.05 Å². The highest BCUT2D eigenvalue weighted by Crippen LogP contribution is 2.45. The third-order valence-corrected chi connectivity index (χ3v) is 7.92. The lowest BCUT2D eigenvalue weighted by Gasteiger charge is -2.20. The molecule has 0 atom stereocenters. The van der Waals surface area contributed by atoms with E-state index in [1.54, 1.807) is 0 Å². The Labute approximate surface area is 263 Å². The van der Waals surface area contributed by atoms with Crippen LogP contribution in [0.3, 0.4) is 0 Å². The van der Waals surface area contributed by atoms with Gasteiger partial charge < -0.3 is 0 Å². The lowest BCUT2D eigenvalue weighted by atomic mass is 9.84. The first-order chi connectivity index (χ1) is 20.1. The van der Waals surface area contributed by atoms with Gasteiger partial charge in [-0.3, -0.25) is 0 Å². The van der Waals surface area contributed by atoms with Crippen molar-refractivity contribution < 1.29 is 33.4 Å². The molecule has 0 unspecified atom stereocenters. The van der Waals surface area contributed by atoms with Gasteiger partial charge in [-0.2, -0.15) is 0 Å². The molecular formula is C34H24Br2ClNO4. The number of halogens is 3. The number of fused-ring (bicyclic) bond motifs is 1. The normalized spacial score (nSPS) is 11.2. The van der Waals surface area contributed by atoms with E-state index < -0.39 is 10.2 Å². The Morgan fingerprint density at radius 2 is 1.00 bits per heavy atom. The van der Waals surface area contributed by atoms with Crippen molar-refractivity contribution in [3.8, 4) is 44.5 Å². The van der Waals surface area contributed by atoms with Crippen molar-refractivity contribution >= 4 is 42.8 Å². The number of rotatable bonds is 4. The minimum Gasteiger partial charge on any atom is -0.222 e. The Bertz CT molecular complexity index is 1770. The monoisotopic (exact) mass is 703 g/mol. The van der Waals surface area contributed by atoms with Gasteiger partial charge in [0.05, 0.1) is 5.39 Å². The van der Waals surface area contributed by atoms with E-state index in [-0.39, 0.29) is 0 Å². The zero-order chi connectivity index (χ0) is 29.9. The van der Waals surface area contributed by atoms with Crippen LogP contribution >= 0.6 is 31.9 Å². The number of hydrogen-bond donors (Lipinski definition) is 0. The number of aryl methyl sites for hydroxylation is 1. The van der Waals surface area contributed by atoms with Crippen molar-refractivity contribution in [1.82, 2.24) is 0 Å². The predicted molar refractivity (Wildman–Crippen MR) is 162 cm³/mol. The zero-order valence-electron chi connectivity index (χ0n) is 22.3. The van der Waals surface area contributed by atoms with Crippen LogP contribution < -0.4 is 23.2 Å². The molecule has 1 heterocycles. The highest BCUT2D eigenvalue weighted by molar-refractivity contribution is 9.10. The molecule has 0 aliphatic heterocycles. The zero-order valence-corrected chi connectivity index (χ0v) is 26.3. The maximum Gasteiger partial charge on any atom is 0.212 e. The van der Waals surface area contributed by atoms with Crippen LogP contribution in [0, 0.1) is 10.2 Å². The lowest BCUT2D eigenvalue weighted by molar-refractivity contribution is -2.00. The molecule has 6 rings (SSSR count). The summed E-state index contributed by atoms with van der Waals surface area (Å²) in [6.45, 7) is 0. The Morgan fingerprint density at radius 1 is 0.524 bits per heavy atom. The molecule has 5 nitrogen and oxygen atoms in total. The fraction of sp³-hybridized carbons (Fsp3) is 0.0294. The molecule has 6 aromatic rings. The average molecular weight is 706 g/mol. The number of benzene rings is 5. The van der Waals surface area contributed by atoms with Crippen LogP contribution in [-0.4, -0.2) is 0 Å². The van der Waals surface area contributed by atoms with E-state index in [1.165, 1.54) is 55.4 Å². The van der Waals surface area contributed by atoms with Gasteiger partial charge in [0, 0.05) is 26.6 Å². The fourth-order valence-corrected chi connectivity index (χ4v) is 5.56. The molecule has 0 spiro atoms. The number of hydrogen-bond acceptors (Lipinski definition) is 4. The second-order valence-corrected chi connectivity index (χ2v) is 12.1. The minimum absolute atomic E-state index is 1.07. The molecule has 0 aliphatic rings. The predicted octanol–water partition coefficient (Wildman–Crippen LogP) is 5.10. The molecule has 1 aromatic heterocycles. The van der Waals surface area contributed by atoms with E-state index >= 15 is 0 Å². The van der Waals surface area contributed by atoms with Crippen molar-refractivity contribution in [2.45, 2.75) is 0 Å². The summed E-state index contributed by atoms with van der Waals surface area (Å²) in [6, 6.07) is 43.5. The standard InChI is InChI=1S/C34H24Br2N.ClHO4/c1-37-20-19-30(29-9-5-6-10-33(29)37)34-31(24-11-15-27(35)16-12-24)21-26(23-7-3-2-4-8-23)22-32(34)25-13-17-28(36)18-14-25;2-1(3,4)5/h2-22H,1H3;(H,2,3,4,5)/q+1;/p-1. The van der Waals surface area contributed by atoms with Gasteiger partial charge in [0.2, 0.25) is 5.52 Å². The van der Waals surface area contributed by atoms with Gasteiger partial charge >= 0.3 is 0 Å². The maximum atomic E-state index is 8.49. The van der Waals surface area contributed by atoms with Crippen molar-refractivity contribution in [2.75, 3.05) is 0 Å². The minimum atomic E-state index is -4.94. The van der Waals surface area contributed by atoms with Gasteiger partial charge in [-0.15, -0.1) is 10.2 Å². The van der Waals surface area contributed by atoms with Crippen LogP contribution in [-0.2, 0) is 7.05 Å². The van der Waals surface area contributed by atoms with Crippen molar-refractivity contribution in [2.24, 2.45) is 7.05 Å². The first kappa shape index (κ1) is 30.1. The molecule has 0 N–H and O–H groups in total. The quantitative estimate of drug-likeness (QED) is 0.239. The van der Waals surface area contributed by atoms with E-state index in [2.05, 4.69) is 171 Å². The second-order valence-electron chi connectivity index (χ2n) is 9.56.